The summed E-state index contributed by atoms with van der Waals surface area (Å²) >= 11 is 0. The summed E-state index contributed by atoms with van der Waals surface area (Å²) in [5.41, 5.74) is 4.33. The highest BCUT2D eigenvalue weighted by atomic mass is 16.3. The fourth-order valence-corrected chi connectivity index (χ4v) is 4.06. The number of pyridine rings is 1. The number of fused-ring (bicyclic) bond motifs is 3. The molecule has 1 aliphatic heterocycles. The van der Waals surface area contributed by atoms with E-state index in [0.29, 0.717) is 5.56 Å². The summed E-state index contributed by atoms with van der Waals surface area (Å²) < 4.78 is 7.63. The number of para-hydroxylation sites is 2. The zero-order valence-corrected chi connectivity index (χ0v) is 15.8. The minimum absolute atomic E-state index is 0.649. The zero-order chi connectivity index (χ0) is 19.1. The first-order chi connectivity index (χ1) is 13.7. The van der Waals surface area contributed by atoms with Crippen LogP contribution in [0, 0.1) is 18.3 Å². The fourth-order valence-electron chi connectivity index (χ4n) is 4.06. The molecule has 1 aliphatic rings. The van der Waals surface area contributed by atoms with Crippen molar-refractivity contribution in [2.45, 2.75) is 13.5 Å². The lowest BCUT2D eigenvalue weighted by atomic mass is 10.1. The van der Waals surface area contributed by atoms with Crippen LogP contribution < -0.4 is 4.90 Å². The molecule has 1 saturated heterocycles. The van der Waals surface area contributed by atoms with Crippen LogP contribution in [0.5, 0.6) is 0 Å². The molecule has 140 valence electrons. The van der Waals surface area contributed by atoms with E-state index in [1.807, 2.05) is 37.3 Å². The molecule has 6 heteroatoms. The van der Waals surface area contributed by atoms with Crippen LogP contribution in [-0.4, -0.2) is 40.5 Å². The van der Waals surface area contributed by atoms with E-state index in [9.17, 15) is 5.26 Å². The normalized spacial score (nSPS) is 15.4. The van der Waals surface area contributed by atoms with Crippen LogP contribution in [0.15, 0.2) is 53.1 Å². The smallest absolute Gasteiger partial charge is 0.157 e. The van der Waals surface area contributed by atoms with Gasteiger partial charge in [0.05, 0.1) is 29.4 Å². The van der Waals surface area contributed by atoms with Crippen molar-refractivity contribution in [2.24, 2.45) is 0 Å². The van der Waals surface area contributed by atoms with Crippen LogP contribution in [-0.2, 0) is 6.54 Å². The first kappa shape index (κ1) is 16.8. The van der Waals surface area contributed by atoms with Crippen LogP contribution in [0.3, 0.4) is 0 Å². The lowest BCUT2D eigenvalue weighted by Crippen LogP contribution is -2.46. The average molecular weight is 371 g/mol. The predicted molar refractivity (Wildman–Crippen MR) is 108 cm³/mol. The van der Waals surface area contributed by atoms with Gasteiger partial charge in [-0.1, -0.05) is 12.1 Å². The summed E-state index contributed by atoms with van der Waals surface area (Å²) in [7, 11) is 0. The van der Waals surface area contributed by atoms with Gasteiger partial charge in [-0.05, 0) is 42.8 Å². The van der Waals surface area contributed by atoms with Crippen molar-refractivity contribution < 1.29 is 4.42 Å². The van der Waals surface area contributed by atoms with Crippen molar-refractivity contribution in [1.82, 2.24) is 14.3 Å². The Kier molecular flexibility index (Phi) is 4.03. The number of aromatic nitrogens is 2. The number of nitriles is 1. The molecule has 6 nitrogen and oxygen atoms in total. The number of rotatable bonds is 3. The Morgan fingerprint density at radius 2 is 1.93 bits per heavy atom. The fraction of sp³-hybridized carbons (Fsp3) is 0.273. The number of benzene rings is 1. The number of hydrogen-bond acceptors (Lipinski definition) is 5. The van der Waals surface area contributed by atoms with E-state index in [0.717, 1.165) is 66.5 Å². The van der Waals surface area contributed by atoms with E-state index >= 15 is 0 Å². The molecule has 0 N–H and O–H groups in total. The SMILES string of the molecule is Cc1cc(N2CCN(Cc3ccco3)CC2)n2c(nc3ccccc32)c1C#N. The van der Waals surface area contributed by atoms with E-state index in [4.69, 9.17) is 9.40 Å². The molecule has 0 atom stereocenters. The Morgan fingerprint density at radius 3 is 2.68 bits per heavy atom. The van der Waals surface area contributed by atoms with E-state index < -0.39 is 0 Å². The number of anilines is 1. The first-order valence-electron chi connectivity index (χ1n) is 9.55. The molecular formula is C22H21N5O. The van der Waals surface area contributed by atoms with Gasteiger partial charge in [0.2, 0.25) is 0 Å². The van der Waals surface area contributed by atoms with E-state index in [1.165, 1.54) is 0 Å². The van der Waals surface area contributed by atoms with Crippen LogP contribution in [0.25, 0.3) is 16.7 Å². The van der Waals surface area contributed by atoms with E-state index in [-0.39, 0.29) is 0 Å². The van der Waals surface area contributed by atoms with E-state index in [2.05, 4.69) is 32.4 Å². The third-order valence-electron chi connectivity index (χ3n) is 5.52. The molecule has 4 heterocycles. The molecule has 1 fully saturated rings. The second-order valence-electron chi connectivity index (χ2n) is 7.27. The average Bonchev–Trinajstić information content (AvgIpc) is 3.35. The maximum atomic E-state index is 9.67. The van der Waals surface area contributed by atoms with Crippen LogP contribution in [0.4, 0.5) is 5.82 Å². The van der Waals surface area contributed by atoms with Gasteiger partial charge in [-0.25, -0.2) is 4.98 Å². The third kappa shape index (κ3) is 2.72. The van der Waals surface area contributed by atoms with Gasteiger partial charge in [-0.15, -0.1) is 0 Å². The molecule has 0 aliphatic carbocycles. The van der Waals surface area contributed by atoms with Gasteiger partial charge >= 0.3 is 0 Å². The Balaban J connectivity index is 1.52. The summed E-state index contributed by atoms with van der Waals surface area (Å²) in [5.74, 6) is 2.11. The molecule has 1 aromatic carbocycles. The van der Waals surface area contributed by atoms with Crippen molar-refractivity contribution in [2.75, 3.05) is 31.1 Å². The highest BCUT2D eigenvalue weighted by molar-refractivity contribution is 5.85. The van der Waals surface area contributed by atoms with Crippen LogP contribution in [0.1, 0.15) is 16.9 Å². The van der Waals surface area contributed by atoms with Crippen molar-refractivity contribution in [3.8, 4) is 6.07 Å². The predicted octanol–water partition coefficient (Wildman–Crippen LogP) is 3.58. The standard InChI is InChI=1S/C22H21N5O/c1-16-13-21(26-10-8-25(9-11-26)15-17-5-4-12-28-17)27-20-7-3-2-6-19(20)24-22(27)18(16)14-23/h2-7,12-13H,8-11,15H2,1H3. The molecule has 0 unspecified atom stereocenters. The maximum absolute atomic E-state index is 9.67. The number of nitrogens with zero attached hydrogens (tertiary/aromatic N) is 5. The Bertz CT molecular complexity index is 1180. The Labute approximate surface area is 163 Å². The summed E-state index contributed by atoms with van der Waals surface area (Å²) in [6, 6.07) is 16.5. The quantitative estimate of drug-likeness (QED) is 0.551. The molecule has 4 aromatic rings. The number of imidazole rings is 1. The summed E-state index contributed by atoms with van der Waals surface area (Å²) in [6.45, 7) is 6.62. The van der Waals surface area contributed by atoms with Gasteiger partial charge in [0, 0.05) is 26.2 Å². The molecule has 5 rings (SSSR count). The third-order valence-corrected chi connectivity index (χ3v) is 5.52. The zero-order valence-electron chi connectivity index (χ0n) is 15.8. The van der Waals surface area contributed by atoms with Crippen molar-refractivity contribution in [1.29, 1.82) is 5.26 Å². The van der Waals surface area contributed by atoms with Gasteiger partial charge in [-0.3, -0.25) is 9.30 Å². The van der Waals surface area contributed by atoms with Gasteiger partial charge in [0.1, 0.15) is 17.6 Å². The lowest BCUT2D eigenvalue weighted by molar-refractivity contribution is 0.230. The summed E-state index contributed by atoms with van der Waals surface area (Å²) in [5, 5.41) is 9.67. The second-order valence-corrected chi connectivity index (χ2v) is 7.27. The second kappa shape index (κ2) is 6.70. The maximum Gasteiger partial charge on any atom is 0.157 e. The Hall–Kier alpha value is -3.30. The molecular weight excluding hydrogens is 350 g/mol. The molecule has 0 spiro atoms. The summed E-state index contributed by atoms with van der Waals surface area (Å²) in [6.07, 6.45) is 1.73. The lowest BCUT2D eigenvalue weighted by Gasteiger charge is -2.36. The number of furan rings is 1. The number of aryl methyl sites for hydroxylation is 1. The Morgan fingerprint density at radius 1 is 1.11 bits per heavy atom. The molecule has 0 saturated carbocycles. The molecule has 0 radical (unpaired) electrons. The largest absolute Gasteiger partial charge is 0.468 e. The van der Waals surface area contributed by atoms with Gasteiger partial charge in [0.25, 0.3) is 0 Å². The molecule has 0 amide bonds. The van der Waals surface area contributed by atoms with Gasteiger partial charge < -0.3 is 9.32 Å². The highest BCUT2D eigenvalue weighted by Gasteiger charge is 2.23. The number of piperazine rings is 1. The van der Waals surface area contributed by atoms with E-state index in [1.54, 1.807) is 6.26 Å². The van der Waals surface area contributed by atoms with Crippen molar-refractivity contribution in [3.05, 3.63) is 65.6 Å². The molecule has 0 bridgehead atoms. The minimum Gasteiger partial charge on any atom is -0.468 e. The van der Waals surface area contributed by atoms with Gasteiger partial charge in [-0.2, -0.15) is 5.26 Å². The number of hydrogen-bond donors (Lipinski definition) is 0. The summed E-state index contributed by atoms with van der Waals surface area (Å²) in [4.78, 5) is 9.57. The highest BCUT2D eigenvalue weighted by Crippen LogP contribution is 2.29. The monoisotopic (exact) mass is 371 g/mol. The minimum atomic E-state index is 0.649. The molecule has 3 aromatic heterocycles. The van der Waals surface area contributed by atoms with Gasteiger partial charge in [0.15, 0.2) is 5.65 Å². The van der Waals surface area contributed by atoms with Crippen molar-refractivity contribution >= 4 is 22.5 Å². The molecule has 28 heavy (non-hydrogen) atoms. The van der Waals surface area contributed by atoms with Crippen LogP contribution in [0.2, 0.25) is 0 Å². The topological polar surface area (TPSA) is 60.7 Å². The van der Waals surface area contributed by atoms with Crippen LogP contribution >= 0.6 is 0 Å². The first-order valence-corrected chi connectivity index (χ1v) is 9.55. The van der Waals surface area contributed by atoms with Crippen molar-refractivity contribution in [3.63, 3.8) is 0 Å².